The van der Waals surface area contributed by atoms with Gasteiger partial charge in [-0.3, -0.25) is 0 Å². The zero-order valence-corrected chi connectivity index (χ0v) is 12.3. The van der Waals surface area contributed by atoms with E-state index in [0.717, 1.165) is 0 Å². The number of piperidine rings is 1. The lowest BCUT2D eigenvalue weighted by Crippen LogP contribution is -2.42. The number of likely N-dealkylation sites (tertiary alicyclic amines) is 1. The minimum Gasteiger partial charge on any atom is -0.444 e. The van der Waals surface area contributed by atoms with Crippen LogP contribution in [0.15, 0.2) is 0 Å². The molecule has 1 aliphatic heterocycles. The number of hydrogen-bond acceptors (Lipinski definition) is 3. The molecule has 1 N–H and O–H groups in total. The summed E-state index contributed by atoms with van der Waals surface area (Å²) in [5, 5.41) is 2.97. The van der Waals surface area contributed by atoms with E-state index in [0.29, 0.717) is 24.9 Å². The zero-order valence-electron chi connectivity index (χ0n) is 12.3. The third-order valence-electron chi connectivity index (χ3n) is 3.54. The van der Waals surface area contributed by atoms with E-state index in [1.807, 2.05) is 20.8 Å². The predicted octanol–water partition coefficient (Wildman–Crippen LogP) is 1.12. The molecule has 19 heavy (non-hydrogen) atoms. The molecule has 1 aliphatic carbocycles. The topological polar surface area (TPSA) is 61.9 Å². The summed E-state index contributed by atoms with van der Waals surface area (Å²) in [6.07, 6.45) is -0.252. The van der Waals surface area contributed by atoms with Gasteiger partial charge in [0.15, 0.2) is 0 Å². The van der Waals surface area contributed by atoms with Gasteiger partial charge >= 0.3 is 12.1 Å². The third kappa shape index (κ3) is 3.11. The number of ether oxygens (including phenoxy) is 1. The van der Waals surface area contributed by atoms with Crippen LogP contribution in [0.3, 0.4) is 0 Å². The first-order valence-corrected chi connectivity index (χ1v) is 6.65. The lowest BCUT2D eigenvalue weighted by molar-refractivity contribution is 0.0270. The maximum atomic E-state index is 11.9. The summed E-state index contributed by atoms with van der Waals surface area (Å²) >= 11 is 0. The Balaban J connectivity index is 1.78. The number of carbonyl (C=O) groups excluding carboxylic acids is 2. The van der Waals surface area contributed by atoms with Crippen molar-refractivity contribution in [1.29, 1.82) is 0 Å². The van der Waals surface area contributed by atoms with Crippen molar-refractivity contribution in [3.63, 3.8) is 0 Å². The van der Waals surface area contributed by atoms with Gasteiger partial charge in [0.05, 0.1) is 0 Å². The highest BCUT2D eigenvalue weighted by Gasteiger charge is 2.58. The molecule has 6 nitrogen and oxygen atoms in total. The quantitative estimate of drug-likeness (QED) is 0.776. The SMILES string of the molecule is CN(C)C(=O)NC1[C@@H]2CN(C(=O)OC(C)(C)C)C[C@@H]12. The molecule has 1 heterocycles. The average Bonchev–Trinajstić information content (AvgIpc) is 2.72. The molecule has 1 saturated carbocycles. The second kappa shape index (κ2) is 4.58. The van der Waals surface area contributed by atoms with Gasteiger partial charge in [0.25, 0.3) is 0 Å². The summed E-state index contributed by atoms with van der Waals surface area (Å²) in [6.45, 7) is 6.95. The Bertz CT molecular complexity index is 377. The van der Waals surface area contributed by atoms with Crippen LogP contribution in [0.4, 0.5) is 9.59 Å². The number of rotatable bonds is 1. The Labute approximate surface area is 114 Å². The first-order valence-electron chi connectivity index (χ1n) is 6.65. The molecule has 2 fully saturated rings. The number of amides is 3. The van der Waals surface area contributed by atoms with Crippen LogP contribution in [0.1, 0.15) is 20.8 Å². The van der Waals surface area contributed by atoms with Gasteiger partial charge in [0, 0.05) is 45.1 Å². The van der Waals surface area contributed by atoms with Crippen LogP contribution in [0.25, 0.3) is 0 Å². The minimum atomic E-state index is -0.456. The summed E-state index contributed by atoms with van der Waals surface area (Å²) in [4.78, 5) is 26.7. The Morgan fingerprint density at radius 2 is 1.74 bits per heavy atom. The van der Waals surface area contributed by atoms with Crippen molar-refractivity contribution in [2.24, 2.45) is 11.8 Å². The zero-order chi connectivity index (χ0) is 14.4. The van der Waals surface area contributed by atoms with Crippen LogP contribution < -0.4 is 5.32 Å². The summed E-state index contributed by atoms with van der Waals surface area (Å²) < 4.78 is 5.34. The highest BCUT2D eigenvalue weighted by Crippen LogP contribution is 2.45. The van der Waals surface area contributed by atoms with E-state index in [1.165, 1.54) is 4.90 Å². The fourth-order valence-electron chi connectivity index (χ4n) is 2.49. The molecule has 2 aliphatic rings. The lowest BCUT2D eigenvalue weighted by Gasteiger charge is -2.26. The number of fused-ring (bicyclic) bond motifs is 1. The van der Waals surface area contributed by atoms with Gasteiger partial charge in [0.1, 0.15) is 5.60 Å². The average molecular weight is 269 g/mol. The molecule has 0 radical (unpaired) electrons. The fourth-order valence-corrected chi connectivity index (χ4v) is 2.49. The molecular formula is C13H23N3O3. The predicted molar refractivity (Wildman–Crippen MR) is 70.8 cm³/mol. The molecule has 6 heteroatoms. The Morgan fingerprint density at radius 1 is 1.21 bits per heavy atom. The van der Waals surface area contributed by atoms with Crippen LogP contribution in [0.5, 0.6) is 0 Å². The van der Waals surface area contributed by atoms with Gasteiger partial charge in [-0.25, -0.2) is 9.59 Å². The molecule has 2 atom stereocenters. The van der Waals surface area contributed by atoms with Crippen molar-refractivity contribution in [1.82, 2.24) is 15.1 Å². The molecule has 0 spiro atoms. The Morgan fingerprint density at radius 3 is 2.16 bits per heavy atom. The molecule has 3 amide bonds. The Hall–Kier alpha value is -1.46. The first kappa shape index (κ1) is 14.0. The smallest absolute Gasteiger partial charge is 0.410 e. The molecule has 0 unspecified atom stereocenters. The molecule has 0 aromatic carbocycles. The van der Waals surface area contributed by atoms with Gasteiger partial charge in [0.2, 0.25) is 0 Å². The monoisotopic (exact) mass is 269 g/mol. The number of carbonyl (C=O) groups is 2. The van der Waals surface area contributed by atoms with E-state index in [2.05, 4.69) is 5.32 Å². The van der Waals surface area contributed by atoms with Gasteiger partial charge in [-0.2, -0.15) is 0 Å². The van der Waals surface area contributed by atoms with Crippen molar-refractivity contribution in [2.45, 2.75) is 32.4 Å². The van der Waals surface area contributed by atoms with E-state index in [1.54, 1.807) is 19.0 Å². The second-order valence-electron chi connectivity index (χ2n) is 6.58. The fraction of sp³-hybridized carbons (Fsp3) is 0.846. The van der Waals surface area contributed by atoms with E-state index >= 15 is 0 Å². The standard InChI is InChI=1S/C13H23N3O3/c1-13(2,3)19-12(18)16-6-8-9(7-16)10(8)14-11(17)15(4)5/h8-10H,6-7H2,1-5H3,(H,14,17)/t8-,9-/m1/s1. The van der Waals surface area contributed by atoms with Crippen molar-refractivity contribution in [3.8, 4) is 0 Å². The van der Waals surface area contributed by atoms with E-state index in [9.17, 15) is 9.59 Å². The number of urea groups is 1. The van der Waals surface area contributed by atoms with Crippen LogP contribution in [0, 0.1) is 11.8 Å². The lowest BCUT2D eigenvalue weighted by atomic mass is 10.2. The van der Waals surface area contributed by atoms with Crippen molar-refractivity contribution >= 4 is 12.1 Å². The maximum Gasteiger partial charge on any atom is 0.410 e. The molecular weight excluding hydrogens is 246 g/mol. The van der Waals surface area contributed by atoms with Crippen LogP contribution in [0.2, 0.25) is 0 Å². The van der Waals surface area contributed by atoms with Crippen LogP contribution in [-0.2, 0) is 4.74 Å². The first-order chi connectivity index (χ1) is 8.69. The summed E-state index contributed by atoms with van der Waals surface area (Å²) in [7, 11) is 3.45. The molecule has 0 aromatic rings. The molecule has 1 saturated heterocycles. The summed E-state index contributed by atoms with van der Waals surface area (Å²) in [6, 6.07) is 0.150. The second-order valence-corrected chi connectivity index (χ2v) is 6.58. The molecule has 0 aromatic heterocycles. The third-order valence-corrected chi connectivity index (χ3v) is 3.54. The normalized spacial score (nSPS) is 28.7. The van der Waals surface area contributed by atoms with Crippen LogP contribution >= 0.6 is 0 Å². The largest absolute Gasteiger partial charge is 0.444 e. The van der Waals surface area contributed by atoms with Crippen molar-refractivity contribution in [2.75, 3.05) is 27.2 Å². The number of nitrogens with zero attached hydrogens (tertiary/aromatic N) is 2. The maximum absolute atomic E-state index is 11.9. The number of hydrogen-bond donors (Lipinski definition) is 1. The van der Waals surface area contributed by atoms with Crippen molar-refractivity contribution in [3.05, 3.63) is 0 Å². The summed E-state index contributed by atoms with van der Waals surface area (Å²) in [5.74, 6) is 0.771. The van der Waals surface area contributed by atoms with Crippen LogP contribution in [-0.4, -0.2) is 60.8 Å². The van der Waals surface area contributed by atoms with Gasteiger partial charge < -0.3 is 19.9 Å². The highest BCUT2D eigenvalue weighted by molar-refractivity contribution is 5.75. The highest BCUT2D eigenvalue weighted by atomic mass is 16.6. The number of nitrogens with one attached hydrogen (secondary N) is 1. The molecule has 108 valence electrons. The van der Waals surface area contributed by atoms with Crippen molar-refractivity contribution < 1.29 is 14.3 Å². The van der Waals surface area contributed by atoms with E-state index < -0.39 is 5.60 Å². The van der Waals surface area contributed by atoms with E-state index in [4.69, 9.17) is 4.74 Å². The van der Waals surface area contributed by atoms with E-state index in [-0.39, 0.29) is 18.2 Å². The van der Waals surface area contributed by atoms with Gasteiger partial charge in [-0.15, -0.1) is 0 Å². The van der Waals surface area contributed by atoms with Gasteiger partial charge in [-0.1, -0.05) is 0 Å². The Kier molecular flexibility index (Phi) is 3.36. The minimum absolute atomic E-state index is 0.0665. The van der Waals surface area contributed by atoms with Gasteiger partial charge in [-0.05, 0) is 20.8 Å². The molecule has 2 rings (SSSR count). The summed E-state index contributed by atoms with van der Waals surface area (Å²) in [5.41, 5.74) is -0.456. The molecule has 0 bridgehead atoms.